The van der Waals surface area contributed by atoms with Crippen LogP contribution in [0.3, 0.4) is 0 Å². The Balaban J connectivity index is 2.54. The fraction of sp³-hybridized carbons (Fsp3) is 0.200. The van der Waals surface area contributed by atoms with Crippen LogP contribution in [0.15, 0.2) is 18.2 Å². The molecule has 0 aliphatic heterocycles. The third-order valence-electron chi connectivity index (χ3n) is 2.30. The first-order valence-electron chi connectivity index (χ1n) is 4.19. The number of ketones is 1. The van der Waals surface area contributed by atoms with E-state index in [0.717, 1.165) is 5.56 Å². The molecule has 70 valence electrons. The van der Waals surface area contributed by atoms with Crippen LogP contribution in [0.4, 0.5) is 0 Å². The second kappa shape index (κ2) is 3.09. The molecule has 0 fully saturated rings. The minimum absolute atomic E-state index is 0.188. The van der Waals surface area contributed by atoms with Crippen LogP contribution >= 0.6 is 0 Å². The Labute approximate surface area is 80.7 Å². The Morgan fingerprint density at radius 3 is 2.93 bits per heavy atom. The van der Waals surface area contributed by atoms with Gasteiger partial charge >= 0.3 is 5.71 Å². The molecule has 1 aromatic rings. The Kier molecular flexibility index (Phi) is 1.91. The molecule has 14 heavy (non-hydrogen) atoms. The maximum Gasteiger partial charge on any atom is 0.343 e. The van der Waals surface area contributed by atoms with Crippen molar-refractivity contribution in [3.8, 4) is 5.75 Å². The van der Waals surface area contributed by atoms with Crippen LogP contribution in [0.1, 0.15) is 15.9 Å². The summed E-state index contributed by atoms with van der Waals surface area (Å²) >= 11 is 0. The van der Waals surface area contributed by atoms with E-state index in [4.69, 9.17) is 10.3 Å². The lowest BCUT2D eigenvalue weighted by Crippen LogP contribution is -2.07. The zero-order valence-corrected chi connectivity index (χ0v) is 7.65. The van der Waals surface area contributed by atoms with Gasteiger partial charge in [-0.3, -0.25) is 4.79 Å². The Hall–Kier alpha value is -1.93. The second-order valence-corrected chi connectivity index (χ2v) is 3.08. The molecular formula is C10H8N2O2. The number of hydrogen-bond donors (Lipinski definition) is 0. The van der Waals surface area contributed by atoms with Crippen molar-refractivity contribution in [2.75, 3.05) is 7.11 Å². The molecule has 0 saturated heterocycles. The Morgan fingerprint density at radius 1 is 1.50 bits per heavy atom. The predicted octanol–water partition coefficient (Wildman–Crippen LogP) is 1.10. The van der Waals surface area contributed by atoms with Crippen molar-refractivity contribution in [1.82, 2.24) is 0 Å². The highest BCUT2D eigenvalue weighted by Gasteiger charge is 2.33. The van der Waals surface area contributed by atoms with Crippen LogP contribution in [0, 0.1) is 0 Å². The van der Waals surface area contributed by atoms with E-state index < -0.39 is 0 Å². The van der Waals surface area contributed by atoms with Gasteiger partial charge in [-0.15, -0.1) is 0 Å². The molecule has 1 aromatic carbocycles. The van der Waals surface area contributed by atoms with Crippen LogP contribution in [0.25, 0.3) is 5.53 Å². The van der Waals surface area contributed by atoms with Crippen molar-refractivity contribution >= 4 is 11.5 Å². The van der Waals surface area contributed by atoms with Gasteiger partial charge in [0.1, 0.15) is 5.75 Å². The first-order chi connectivity index (χ1) is 6.76. The van der Waals surface area contributed by atoms with Gasteiger partial charge in [0.25, 0.3) is 5.78 Å². The summed E-state index contributed by atoms with van der Waals surface area (Å²) in [5.74, 6) is 0.501. The molecule has 4 heteroatoms. The zero-order chi connectivity index (χ0) is 10.1. The number of Topliss-reactive ketones (excluding diaryl/α,β-unsaturated/α-hetero) is 1. The number of ether oxygens (including phenoxy) is 1. The topological polar surface area (TPSA) is 62.7 Å². The van der Waals surface area contributed by atoms with E-state index in [1.807, 2.05) is 0 Å². The molecule has 1 aliphatic carbocycles. The van der Waals surface area contributed by atoms with Gasteiger partial charge in [0.15, 0.2) is 0 Å². The van der Waals surface area contributed by atoms with Crippen LogP contribution in [0.2, 0.25) is 0 Å². The molecule has 0 amide bonds. The predicted molar refractivity (Wildman–Crippen MR) is 49.7 cm³/mol. The molecule has 0 N–H and O–H groups in total. The summed E-state index contributed by atoms with van der Waals surface area (Å²) in [7, 11) is 1.57. The molecule has 0 aromatic heterocycles. The van der Waals surface area contributed by atoms with Gasteiger partial charge in [-0.25, -0.2) is 0 Å². The van der Waals surface area contributed by atoms with E-state index in [0.29, 0.717) is 17.7 Å². The maximum absolute atomic E-state index is 11.5. The molecule has 0 heterocycles. The molecule has 0 unspecified atom stereocenters. The molecule has 2 rings (SSSR count). The number of fused-ring (bicyclic) bond motifs is 1. The van der Waals surface area contributed by atoms with Crippen molar-refractivity contribution in [1.29, 1.82) is 0 Å². The molecule has 0 bridgehead atoms. The first kappa shape index (κ1) is 8.66. The minimum Gasteiger partial charge on any atom is -0.497 e. The summed E-state index contributed by atoms with van der Waals surface area (Å²) in [6, 6.07) is 5.19. The van der Waals surface area contributed by atoms with Crippen LogP contribution < -0.4 is 4.74 Å². The minimum atomic E-state index is -0.204. The molecular weight excluding hydrogens is 180 g/mol. The third-order valence-corrected chi connectivity index (χ3v) is 2.30. The van der Waals surface area contributed by atoms with Gasteiger partial charge in [-0.05, 0) is 23.8 Å². The van der Waals surface area contributed by atoms with Gasteiger partial charge in [-0.2, -0.15) is 4.79 Å². The third kappa shape index (κ3) is 1.13. The SMILES string of the molecule is COc1ccc2c(c1)CC(=[N+]=[N-])C2=O. The van der Waals surface area contributed by atoms with Gasteiger partial charge in [0.05, 0.1) is 13.5 Å². The summed E-state index contributed by atoms with van der Waals surface area (Å²) in [6.07, 6.45) is 0.377. The lowest BCUT2D eigenvalue weighted by Gasteiger charge is -2.00. The lowest BCUT2D eigenvalue weighted by molar-refractivity contribution is -0.00761. The number of methoxy groups -OCH3 is 1. The maximum atomic E-state index is 11.5. The van der Waals surface area contributed by atoms with Gasteiger partial charge in [0, 0.05) is 5.56 Å². The smallest absolute Gasteiger partial charge is 0.343 e. The van der Waals surface area contributed by atoms with Crippen LogP contribution in [-0.4, -0.2) is 23.4 Å². The number of carbonyl (C=O) groups excluding carboxylic acids is 1. The quantitative estimate of drug-likeness (QED) is 0.489. The highest BCUT2D eigenvalue weighted by molar-refractivity contribution is 6.47. The average molecular weight is 188 g/mol. The van der Waals surface area contributed by atoms with E-state index in [9.17, 15) is 4.79 Å². The fourth-order valence-corrected chi connectivity index (χ4v) is 1.56. The van der Waals surface area contributed by atoms with Gasteiger partial charge in [-0.1, -0.05) is 0 Å². The van der Waals surface area contributed by atoms with E-state index >= 15 is 0 Å². The fourth-order valence-electron chi connectivity index (χ4n) is 1.56. The highest BCUT2D eigenvalue weighted by atomic mass is 16.5. The number of benzene rings is 1. The van der Waals surface area contributed by atoms with Crippen LogP contribution in [0.5, 0.6) is 5.75 Å². The van der Waals surface area contributed by atoms with Gasteiger partial charge < -0.3 is 10.3 Å². The summed E-state index contributed by atoms with van der Waals surface area (Å²) < 4.78 is 5.03. The number of nitrogens with zero attached hydrogens (tertiary/aromatic N) is 2. The standard InChI is InChI=1S/C10H8N2O2/c1-14-7-2-3-8-6(4-7)5-9(12-11)10(8)13/h2-4H,5H2,1H3. The zero-order valence-electron chi connectivity index (χ0n) is 7.65. The van der Waals surface area contributed by atoms with Crippen molar-refractivity contribution in [3.05, 3.63) is 34.9 Å². The molecule has 0 spiro atoms. The van der Waals surface area contributed by atoms with Crippen molar-refractivity contribution < 1.29 is 14.3 Å². The number of hydrogen-bond acceptors (Lipinski definition) is 2. The van der Waals surface area contributed by atoms with E-state index in [-0.39, 0.29) is 11.5 Å². The van der Waals surface area contributed by atoms with E-state index in [1.54, 1.807) is 25.3 Å². The van der Waals surface area contributed by atoms with Crippen LogP contribution in [-0.2, 0) is 6.42 Å². The molecule has 0 saturated carbocycles. The first-order valence-corrected chi connectivity index (χ1v) is 4.19. The number of rotatable bonds is 1. The van der Waals surface area contributed by atoms with Crippen molar-refractivity contribution in [2.24, 2.45) is 0 Å². The lowest BCUT2D eigenvalue weighted by atomic mass is 10.1. The van der Waals surface area contributed by atoms with E-state index in [1.165, 1.54) is 0 Å². The van der Waals surface area contributed by atoms with Crippen molar-refractivity contribution in [2.45, 2.75) is 6.42 Å². The molecule has 0 atom stereocenters. The highest BCUT2D eigenvalue weighted by Crippen LogP contribution is 2.24. The summed E-state index contributed by atoms with van der Waals surface area (Å²) in [4.78, 5) is 14.5. The Bertz CT molecular complexity index is 459. The Morgan fingerprint density at radius 2 is 2.29 bits per heavy atom. The molecule has 4 nitrogen and oxygen atoms in total. The summed E-state index contributed by atoms with van der Waals surface area (Å²) in [5.41, 5.74) is 10.2. The molecule has 0 radical (unpaired) electrons. The average Bonchev–Trinajstić information content (AvgIpc) is 2.55. The summed E-state index contributed by atoms with van der Waals surface area (Å²) in [5, 5.41) is 0. The van der Waals surface area contributed by atoms with E-state index in [2.05, 4.69) is 4.79 Å². The number of carbonyl (C=O) groups is 1. The van der Waals surface area contributed by atoms with Crippen molar-refractivity contribution in [3.63, 3.8) is 0 Å². The largest absolute Gasteiger partial charge is 0.497 e. The molecule has 1 aliphatic rings. The van der Waals surface area contributed by atoms with Gasteiger partial charge in [0.2, 0.25) is 0 Å². The normalized spacial score (nSPS) is 13.8. The summed E-state index contributed by atoms with van der Waals surface area (Å²) in [6.45, 7) is 0. The monoisotopic (exact) mass is 188 g/mol. The second-order valence-electron chi connectivity index (χ2n) is 3.08.